The number of piperidine rings is 1. The molecule has 6 rings (SSSR count). The molecule has 39 heavy (non-hydrogen) atoms. The molecular formula is C30H36ClN5O3. The Kier molecular flexibility index (Phi) is 7.37. The van der Waals surface area contributed by atoms with Crippen LogP contribution in [0.1, 0.15) is 35.0 Å². The molecule has 2 saturated heterocycles. The number of pyridine rings is 2. The van der Waals surface area contributed by atoms with Crippen LogP contribution in [0.2, 0.25) is 5.02 Å². The lowest BCUT2D eigenvalue weighted by Gasteiger charge is -2.43. The maximum absolute atomic E-state index is 12.8. The van der Waals surface area contributed by atoms with Gasteiger partial charge in [-0.3, -0.25) is 24.3 Å². The molecular weight excluding hydrogens is 514 g/mol. The van der Waals surface area contributed by atoms with Gasteiger partial charge < -0.3 is 14.2 Å². The number of nitrogens with zero attached hydrogens (tertiary/aromatic N) is 5. The summed E-state index contributed by atoms with van der Waals surface area (Å²) in [6.07, 6.45) is 1.10. The van der Waals surface area contributed by atoms with Gasteiger partial charge >= 0.3 is 0 Å². The van der Waals surface area contributed by atoms with Gasteiger partial charge in [0.15, 0.2) is 5.75 Å². The zero-order valence-corrected chi connectivity index (χ0v) is 23.2. The van der Waals surface area contributed by atoms with E-state index in [1.54, 1.807) is 12.1 Å². The molecule has 3 aromatic rings. The Labute approximate surface area is 233 Å². The van der Waals surface area contributed by atoms with E-state index in [1.165, 1.54) is 0 Å². The molecule has 0 spiro atoms. The number of halogens is 1. The molecule has 1 N–H and O–H groups in total. The molecule has 206 valence electrons. The minimum Gasteiger partial charge on any atom is -0.503 e. The highest BCUT2D eigenvalue weighted by Crippen LogP contribution is 2.35. The Hall–Kier alpha value is -2.91. The van der Waals surface area contributed by atoms with Crippen LogP contribution in [0.25, 0.3) is 0 Å². The normalized spacial score (nSPS) is 22.1. The first kappa shape index (κ1) is 26.3. The Balaban J connectivity index is 1.13. The second kappa shape index (κ2) is 10.9. The van der Waals surface area contributed by atoms with Gasteiger partial charge in [-0.1, -0.05) is 35.9 Å². The number of hydrogen-bond acceptors (Lipinski definition) is 6. The highest BCUT2D eigenvalue weighted by Gasteiger charge is 2.34. The average Bonchev–Trinajstić information content (AvgIpc) is 2.92. The van der Waals surface area contributed by atoms with Crippen LogP contribution in [0.4, 0.5) is 0 Å². The van der Waals surface area contributed by atoms with Crippen molar-refractivity contribution in [2.45, 2.75) is 38.5 Å². The van der Waals surface area contributed by atoms with Crippen LogP contribution < -0.4 is 11.0 Å². The van der Waals surface area contributed by atoms with E-state index in [-0.39, 0.29) is 16.7 Å². The van der Waals surface area contributed by atoms with E-state index in [0.717, 1.165) is 80.8 Å². The number of aromatic nitrogens is 2. The van der Waals surface area contributed by atoms with Gasteiger partial charge in [0.2, 0.25) is 5.43 Å². The predicted octanol–water partition coefficient (Wildman–Crippen LogP) is 2.84. The lowest BCUT2D eigenvalue weighted by Crippen LogP contribution is -2.47. The molecule has 0 saturated carbocycles. The first-order valence-electron chi connectivity index (χ1n) is 13.9. The van der Waals surface area contributed by atoms with Crippen molar-refractivity contribution in [1.29, 1.82) is 0 Å². The largest absolute Gasteiger partial charge is 0.503 e. The quantitative estimate of drug-likeness (QED) is 0.510. The SMILES string of the molecule is Cn1c(CN2CC3CC(C2)c2cccc(=O)n2C3)cc(=O)c(O)c1CN1CCN(Cc2ccccc2Cl)CC1. The maximum atomic E-state index is 12.8. The summed E-state index contributed by atoms with van der Waals surface area (Å²) in [5, 5.41) is 11.6. The lowest BCUT2D eigenvalue weighted by atomic mass is 9.83. The molecule has 0 amide bonds. The number of likely N-dealkylation sites (tertiary alicyclic amines) is 1. The zero-order valence-electron chi connectivity index (χ0n) is 22.4. The van der Waals surface area contributed by atoms with Gasteiger partial charge in [-0.25, -0.2) is 0 Å². The number of benzene rings is 1. The molecule has 1 aromatic carbocycles. The van der Waals surface area contributed by atoms with Crippen molar-refractivity contribution in [1.82, 2.24) is 23.8 Å². The van der Waals surface area contributed by atoms with Crippen LogP contribution in [0.3, 0.4) is 0 Å². The van der Waals surface area contributed by atoms with Crippen molar-refractivity contribution in [3.63, 3.8) is 0 Å². The molecule has 3 aliphatic rings. The van der Waals surface area contributed by atoms with E-state index in [0.29, 0.717) is 30.6 Å². The molecule has 2 bridgehead atoms. The molecule has 9 heteroatoms. The summed E-state index contributed by atoms with van der Waals surface area (Å²) >= 11 is 6.36. The third-order valence-electron chi connectivity index (χ3n) is 8.77. The van der Waals surface area contributed by atoms with Crippen LogP contribution in [0.15, 0.2) is 58.1 Å². The van der Waals surface area contributed by atoms with E-state index in [1.807, 2.05) is 40.4 Å². The van der Waals surface area contributed by atoms with E-state index in [9.17, 15) is 14.7 Å². The molecule has 2 unspecified atom stereocenters. The number of fused-ring (bicyclic) bond motifs is 4. The Morgan fingerprint density at radius 2 is 1.62 bits per heavy atom. The van der Waals surface area contributed by atoms with Crippen LogP contribution >= 0.6 is 11.6 Å². The van der Waals surface area contributed by atoms with Gasteiger partial charge in [-0.2, -0.15) is 0 Å². The van der Waals surface area contributed by atoms with Crippen molar-refractivity contribution in [3.05, 3.63) is 96.8 Å². The topological polar surface area (TPSA) is 73.9 Å². The Morgan fingerprint density at radius 1 is 0.872 bits per heavy atom. The summed E-state index contributed by atoms with van der Waals surface area (Å²) in [4.78, 5) is 32.3. The van der Waals surface area contributed by atoms with Crippen molar-refractivity contribution in [2.75, 3.05) is 39.3 Å². The van der Waals surface area contributed by atoms with Crippen molar-refractivity contribution in [3.8, 4) is 5.75 Å². The van der Waals surface area contributed by atoms with Crippen molar-refractivity contribution < 1.29 is 5.11 Å². The Bertz CT molecular complexity index is 1480. The van der Waals surface area contributed by atoms with Gasteiger partial charge in [0, 0.05) is 107 Å². The third-order valence-corrected chi connectivity index (χ3v) is 9.14. The fourth-order valence-corrected chi connectivity index (χ4v) is 6.86. The maximum Gasteiger partial charge on any atom is 0.250 e. The summed E-state index contributed by atoms with van der Waals surface area (Å²) < 4.78 is 3.95. The summed E-state index contributed by atoms with van der Waals surface area (Å²) in [5.74, 6) is 0.595. The highest BCUT2D eigenvalue weighted by atomic mass is 35.5. The molecule has 2 aromatic heterocycles. The third kappa shape index (κ3) is 5.43. The summed E-state index contributed by atoms with van der Waals surface area (Å²) in [6.45, 7) is 8.04. The summed E-state index contributed by atoms with van der Waals surface area (Å²) in [5.41, 5.74) is 3.62. The van der Waals surface area contributed by atoms with Crippen LogP contribution in [0.5, 0.6) is 5.75 Å². The fraction of sp³-hybridized carbons (Fsp3) is 0.467. The number of rotatable bonds is 6. The molecule has 3 aliphatic heterocycles. The highest BCUT2D eigenvalue weighted by molar-refractivity contribution is 6.31. The lowest BCUT2D eigenvalue weighted by molar-refractivity contribution is 0.110. The molecule has 0 radical (unpaired) electrons. The molecule has 5 heterocycles. The minimum absolute atomic E-state index is 0.0888. The number of aromatic hydroxyl groups is 1. The first-order chi connectivity index (χ1) is 18.9. The zero-order chi connectivity index (χ0) is 27.1. The minimum atomic E-state index is -0.315. The van der Waals surface area contributed by atoms with E-state index < -0.39 is 0 Å². The van der Waals surface area contributed by atoms with Crippen LogP contribution in [-0.4, -0.2) is 68.2 Å². The van der Waals surface area contributed by atoms with E-state index in [2.05, 4.69) is 26.8 Å². The van der Waals surface area contributed by atoms with Gasteiger partial charge in [0.1, 0.15) is 0 Å². The van der Waals surface area contributed by atoms with Gasteiger partial charge in [0.05, 0.1) is 5.69 Å². The van der Waals surface area contributed by atoms with E-state index in [4.69, 9.17) is 11.6 Å². The van der Waals surface area contributed by atoms with Crippen LogP contribution in [-0.2, 0) is 33.2 Å². The monoisotopic (exact) mass is 549 g/mol. The average molecular weight is 550 g/mol. The molecule has 0 aliphatic carbocycles. The van der Waals surface area contributed by atoms with Crippen molar-refractivity contribution in [2.24, 2.45) is 13.0 Å². The smallest absolute Gasteiger partial charge is 0.250 e. The van der Waals surface area contributed by atoms with Crippen molar-refractivity contribution >= 4 is 11.6 Å². The van der Waals surface area contributed by atoms with Gasteiger partial charge in [-0.05, 0) is 30.0 Å². The molecule has 2 fully saturated rings. The van der Waals surface area contributed by atoms with Gasteiger partial charge in [0.25, 0.3) is 5.56 Å². The number of hydrogen-bond donors (Lipinski definition) is 1. The summed E-state index contributed by atoms with van der Waals surface area (Å²) in [6, 6.07) is 15.1. The van der Waals surface area contributed by atoms with Crippen LogP contribution in [0, 0.1) is 5.92 Å². The van der Waals surface area contributed by atoms with Gasteiger partial charge in [-0.15, -0.1) is 0 Å². The molecule has 8 nitrogen and oxygen atoms in total. The summed E-state index contributed by atoms with van der Waals surface area (Å²) in [7, 11) is 1.96. The van der Waals surface area contributed by atoms with E-state index >= 15 is 0 Å². The first-order valence-corrected chi connectivity index (χ1v) is 14.2. The Morgan fingerprint density at radius 3 is 2.38 bits per heavy atom. The predicted molar refractivity (Wildman–Crippen MR) is 152 cm³/mol. The molecule has 2 atom stereocenters. The number of piperazine rings is 1. The standard InChI is InChI=1S/C30H36ClN5O3/c1-32-24(19-35-15-21-13-23(18-35)26-7-4-8-29(38)36(26)16-21)14-28(37)30(39)27(32)20-34-11-9-33(10-12-34)17-22-5-2-3-6-25(22)31/h2-8,14,21,23,39H,9-13,15-20H2,1H3. The second-order valence-corrected chi connectivity index (χ2v) is 11.8. The second-order valence-electron chi connectivity index (χ2n) is 11.4. The fourth-order valence-electron chi connectivity index (χ4n) is 6.66.